The highest BCUT2D eigenvalue weighted by Gasteiger charge is 2.39. The van der Waals surface area contributed by atoms with Crippen LogP contribution in [-0.2, 0) is 14.8 Å². The summed E-state index contributed by atoms with van der Waals surface area (Å²) < 4.78 is 58.7. The van der Waals surface area contributed by atoms with Crippen LogP contribution in [0.25, 0.3) is 0 Å². The lowest BCUT2D eigenvalue weighted by Crippen LogP contribution is -2.31. The molecule has 0 saturated carbocycles. The van der Waals surface area contributed by atoms with Crippen molar-refractivity contribution >= 4 is 27.6 Å². The van der Waals surface area contributed by atoms with Crippen molar-refractivity contribution in [3.8, 4) is 0 Å². The Morgan fingerprint density at radius 3 is 2.20 bits per heavy atom. The Morgan fingerprint density at radius 1 is 1.25 bits per heavy atom. The van der Waals surface area contributed by atoms with Crippen LogP contribution in [0.2, 0.25) is 0 Å². The minimum absolute atomic E-state index is 0.519. The van der Waals surface area contributed by atoms with Gasteiger partial charge in [-0.1, -0.05) is 0 Å². The molecule has 110 valence electrons. The first kappa shape index (κ1) is 15.9. The van der Waals surface area contributed by atoms with Gasteiger partial charge in [0.15, 0.2) is 0 Å². The fourth-order valence-electron chi connectivity index (χ4n) is 1.20. The number of carbonyl (C=O) groups is 2. The second-order valence-corrected chi connectivity index (χ2v) is 5.04. The molecule has 4 N–H and O–H groups in total. The number of benzene rings is 1. The van der Waals surface area contributed by atoms with Crippen LogP contribution >= 0.6 is 0 Å². The third-order valence-electron chi connectivity index (χ3n) is 2.04. The maximum absolute atomic E-state index is 12.1. The number of primary sulfonamides is 1. The van der Waals surface area contributed by atoms with Crippen LogP contribution in [0.15, 0.2) is 23.1 Å². The van der Waals surface area contributed by atoms with Gasteiger partial charge < -0.3 is 10.4 Å². The number of nitrogens with two attached hydrogens (primary N) is 1. The monoisotopic (exact) mass is 312 g/mol. The van der Waals surface area contributed by atoms with E-state index < -0.39 is 44.2 Å². The van der Waals surface area contributed by atoms with Gasteiger partial charge in [-0.3, -0.25) is 4.79 Å². The van der Waals surface area contributed by atoms with Gasteiger partial charge in [0.25, 0.3) is 0 Å². The van der Waals surface area contributed by atoms with Crippen molar-refractivity contribution < 1.29 is 36.3 Å². The molecule has 0 bridgehead atoms. The lowest BCUT2D eigenvalue weighted by Gasteiger charge is -2.12. The van der Waals surface area contributed by atoms with Crippen molar-refractivity contribution in [1.82, 2.24) is 0 Å². The van der Waals surface area contributed by atoms with Gasteiger partial charge >= 0.3 is 18.1 Å². The number of sulfonamides is 1. The number of amides is 1. The number of carboxylic acid groups (broad SMARTS) is 1. The Kier molecular flexibility index (Phi) is 4.05. The average Bonchev–Trinajstić information content (AvgIpc) is 2.25. The smallest absolute Gasteiger partial charge is 0.471 e. The Morgan fingerprint density at radius 2 is 1.80 bits per heavy atom. The lowest BCUT2D eigenvalue weighted by molar-refractivity contribution is -0.167. The van der Waals surface area contributed by atoms with E-state index in [0.717, 1.165) is 6.07 Å². The molecular formula is C9H7F3N2O5S. The third kappa shape index (κ3) is 3.68. The topological polar surface area (TPSA) is 127 Å². The first-order chi connectivity index (χ1) is 8.93. The fourth-order valence-corrected chi connectivity index (χ4v) is 1.88. The Bertz CT molecular complexity index is 669. The van der Waals surface area contributed by atoms with E-state index in [1.165, 1.54) is 5.32 Å². The van der Waals surface area contributed by atoms with Crippen LogP contribution in [-0.4, -0.2) is 31.6 Å². The summed E-state index contributed by atoms with van der Waals surface area (Å²) in [7, 11) is -4.44. The first-order valence-corrected chi connectivity index (χ1v) is 6.26. The number of nitrogens with one attached hydrogen (secondary N) is 1. The number of rotatable bonds is 3. The molecule has 1 rings (SSSR count). The van der Waals surface area contributed by atoms with E-state index in [1.807, 2.05) is 0 Å². The van der Waals surface area contributed by atoms with Crippen LogP contribution in [0.5, 0.6) is 0 Å². The molecule has 0 atom stereocenters. The highest BCUT2D eigenvalue weighted by molar-refractivity contribution is 7.89. The van der Waals surface area contributed by atoms with Crippen molar-refractivity contribution in [3.63, 3.8) is 0 Å². The van der Waals surface area contributed by atoms with Crippen LogP contribution in [0.1, 0.15) is 10.4 Å². The van der Waals surface area contributed by atoms with Gasteiger partial charge in [0.05, 0.1) is 11.3 Å². The second kappa shape index (κ2) is 5.09. The molecule has 11 heteroatoms. The summed E-state index contributed by atoms with van der Waals surface area (Å²) in [5.74, 6) is -3.97. The number of halogens is 3. The summed E-state index contributed by atoms with van der Waals surface area (Å²) in [6.45, 7) is 0. The summed E-state index contributed by atoms with van der Waals surface area (Å²) in [5, 5.41) is 14.7. The molecule has 0 aliphatic heterocycles. The molecular weight excluding hydrogens is 305 g/mol. The minimum atomic E-state index is -5.27. The van der Waals surface area contributed by atoms with Gasteiger partial charge in [-0.15, -0.1) is 0 Å². The molecule has 0 radical (unpaired) electrons. The van der Waals surface area contributed by atoms with Crippen molar-refractivity contribution in [2.45, 2.75) is 11.1 Å². The van der Waals surface area contributed by atoms with E-state index in [0.29, 0.717) is 12.1 Å². The number of aromatic carboxylic acids is 1. The number of hydrogen-bond donors (Lipinski definition) is 3. The standard InChI is InChI=1S/C9H7F3N2O5S/c10-9(11,12)8(17)14-5-3-4(7(15)16)1-2-6(5)20(13,18)19/h1-3H,(H,14,17)(H,15,16)(H2,13,18,19). The Labute approximate surface area is 110 Å². The van der Waals surface area contributed by atoms with E-state index in [1.54, 1.807) is 0 Å². The number of alkyl halides is 3. The Hall–Kier alpha value is -2.14. The zero-order chi connectivity index (χ0) is 15.7. The average molecular weight is 312 g/mol. The molecule has 0 aliphatic carbocycles. The molecule has 20 heavy (non-hydrogen) atoms. The van der Waals surface area contributed by atoms with Crippen LogP contribution in [0.4, 0.5) is 18.9 Å². The summed E-state index contributed by atoms with van der Waals surface area (Å²) in [6.07, 6.45) is -5.27. The molecule has 1 aromatic carbocycles. The molecule has 0 aromatic heterocycles. The van der Waals surface area contributed by atoms with Gasteiger partial charge in [-0.25, -0.2) is 18.4 Å². The zero-order valence-electron chi connectivity index (χ0n) is 9.43. The van der Waals surface area contributed by atoms with Crippen molar-refractivity contribution in [1.29, 1.82) is 0 Å². The molecule has 0 saturated heterocycles. The first-order valence-electron chi connectivity index (χ1n) is 4.71. The van der Waals surface area contributed by atoms with Crippen LogP contribution in [0, 0.1) is 0 Å². The molecule has 1 aromatic rings. The molecule has 0 heterocycles. The summed E-state index contributed by atoms with van der Waals surface area (Å²) in [5.41, 5.74) is -1.38. The van der Waals surface area contributed by atoms with Gasteiger partial charge in [0, 0.05) is 0 Å². The van der Waals surface area contributed by atoms with Gasteiger partial charge in [0.2, 0.25) is 10.0 Å². The van der Waals surface area contributed by atoms with Crippen LogP contribution < -0.4 is 10.5 Å². The van der Waals surface area contributed by atoms with E-state index in [9.17, 15) is 31.2 Å². The predicted molar refractivity (Wildman–Crippen MR) is 59.5 cm³/mol. The van der Waals surface area contributed by atoms with E-state index >= 15 is 0 Å². The van der Waals surface area contributed by atoms with Gasteiger partial charge in [-0.2, -0.15) is 13.2 Å². The van der Waals surface area contributed by atoms with Gasteiger partial charge in [-0.05, 0) is 18.2 Å². The zero-order valence-corrected chi connectivity index (χ0v) is 10.2. The number of carboxylic acids is 1. The molecule has 7 nitrogen and oxygen atoms in total. The van der Waals surface area contributed by atoms with Crippen molar-refractivity contribution in [2.75, 3.05) is 5.32 Å². The summed E-state index contributed by atoms with van der Waals surface area (Å²) >= 11 is 0. The largest absolute Gasteiger partial charge is 0.478 e. The highest BCUT2D eigenvalue weighted by Crippen LogP contribution is 2.25. The summed E-state index contributed by atoms with van der Waals surface area (Å²) in [4.78, 5) is 20.6. The van der Waals surface area contributed by atoms with Gasteiger partial charge in [0.1, 0.15) is 4.90 Å². The number of anilines is 1. The molecule has 0 spiro atoms. The quantitative estimate of drug-likeness (QED) is 0.750. The van der Waals surface area contributed by atoms with Crippen molar-refractivity contribution in [2.24, 2.45) is 5.14 Å². The van der Waals surface area contributed by atoms with E-state index in [4.69, 9.17) is 10.2 Å². The maximum atomic E-state index is 12.1. The third-order valence-corrected chi connectivity index (χ3v) is 3.01. The summed E-state index contributed by atoms with van der Waals surface area (Å²) in [6, 6.07) is 2.07. The highest BCUT2D eigenvalue weighted by atomic mass is 32.2. The fraction of sp³-hybridized carbons (Fsp3) is 0.111. The number of hydrogen-bond acceptors (Lipinski definition) is 4. The van der Waals surface area contributed by atoms with Crippen molar-refractivity contribution in [3.05, 3.63) is 23.8 Å². The minimum Gasteiger partial charge on any atom is -0.478 e. The van der Waals surface area contributed by atoms with E-state index in [2.05, 4.69) is 0 Å². The lowest BCUT2D eigenvalue weighted by atomic mass is 10.2. The normalized spacial score (nSPS) is 12.0. The van der Waals surface area contributed by atoms with Crippen LogP contribution in [0.3, 0.4) is 0 Å². The number of carbonyl (C=O) groups excluding carboxylic acids is 1. The second-order valence-electron chi connectivity index (χ2n) is 3.51. The maximum Gasteiger partial charge on any atom is 0.471 e. The Balaban J connectivity index is 3.37. The molecule has 0 aliphatic rings. The molecule has 0 unspecified atom stereocenters. The predicted octanol–water partition coefficient (Wildman–Crippen LogP) is 0.533. The SMILES string of the molecule is NS(=O)(=O)c1ccc(C(=O)O)cc1NC(=O)C(F)(F)F. The molecule has 1 amide bonds. The van der Waals surface area contributed by atoms with E-state index in [-0.39, 0.29) is 0 Å². The molecule has 0 fully saturated rings.